The van der Waals surface area contributed by atoms with Gasteiger partial charge in [0.05, 0.1) is 6.07 Å². The first kappa shape index (κ1) is 52.7. The SMILES string of the molecule is C.CC.CC#N.CCC.CCC(C)=O.CCN(C)CC.CCOC.CN.CN1CCCC1. The average Bonchev–Trinajstić information content (AvgIpc) is 3.29. The van der Waals surface area contributed by atoms with Crippen molar-refractivity contribution in [1.29, 1.82) is 5.26 Å². The molecule has 1 heterocycles. The molecule has 2 N–H and O–H groups in total. The molecule has 0 aliphatic carbocycles. The summed E-state index contributed by atoms with van der Waals surface area (Å²) in [4.78, 5) is 14.4. The van der Waals surface area contributed by atoms with Gasteiger partial charge < -0.3 is 25.1 Å². The molecule has 0 aromatic heterocycles. The van der Waals surface area contributed by atoms with Gasteiger partial charge in [0, 0.05) is 27.1 Å². The third-order valence-corrected chi connectivity index (χ3v) is 3.20. The van der Waals surface area contributed by atoms with Gasteiger partial charge in [-0.15, -0.1) is 0 Å². The summed E-state index contributed by atoms with van der Waals surface area (Å²) >= 11 is 0. The largest absolute Gasteiger partial charge is 0.385 e. The molecular formula is C26H66N4O2. The van der Waals surface area contributed by atoms with Crippen LogP contribution in [0.3, 0.4) is 0 Å². The normalized spacial score (nSPS) is 9.97. The number of ketones is 1. The molecule has 1 saturated heterocycles. The summed E-state index contributed by atoms with van der Waals surface area (Å²) in [5, 5.41) is 7.32. The van der Waals surface area contributed by atoms with Gasteiger partial charge in [0.25, 0.3) is 0 Å². The van der Waals surface area contributed by atoms with E-state index in [1.807, 2.05) is 27.7 Å². The zero-order valence-corrected chi connectivity index (χ0v) is 24.1. The number of rotatable bonds is 4. The molecule has 32 heavy (non-hydrogen) atoms. The molecule has 0 atom stereocenters. The number of carbonyl (C=O) groups is 1. The standard InChI is InChI=1S/C5H11N.C5H13N.C4H8O.C3H8O.C3H8.C2H3N.C2H6.CH5N.CH4/c1-6-4-2-3-5-6;1-4-6(3)5-2;1-3-4(2)5;1-3-4-2;1-3-2;1-2-3;2*1-2;/h2-5H2,1H3;4-5H2,1-3H3;3H2,1-2H3;3H2,1-2H3;3H2,1-2H3;1H3;1-2H3;2H2,1H3;1H4. The summed E-state index contributed by atoms with van der Waals surface area (Å²) in [7, 11) is 7.47. The highest BCUT2D eigenvalue weighted by Gasteiger charge is 2.03. The van der Waals surface area contributed by atoms with Crippen molar-refractivity contribution in [3.63, 3.8) is 0 Å². The van der Waals surface area contributed by atoms with Crippen molar-refractivity contribution in [2.24, 2.45) is 5.73 Å². The van der Waals surface area contributed by atoms with E-state index in [1.165, 1.54) is 46.3 Å². The molecule has 0 aromatic carbocycles. The predicted octanol–water partition coefficient (Wildman–Crippen LogP) is 6.49. The van der Waals surface area contributed by atoms with Crippen LogP contribution < -0.4 is 5.73 Å². The molecule has 0 saturated carbocycles. The zero-order chi connectivity index (χ0) is 26.5. The second-order valence-electron chi connectivity index (χ2n) is 6.06. The maximum atomic E-state index is 9.81. The number of hydrogen-bond acceptors (Lipinski definition) is 6. The van der Waals surface area contributed by atoms with Crippen LogP contribution in [0, 0.1) is 11.3 Å². The van der Waals surface area contributed by atoms with Gasteiger partial charge in [-0.1, -0.05) is 62.3 Å². The summed E-state index contributed by atoms with van der Waals surface area (Å²) in [6.07, 6.45) is 4.74. The van der Waals surface area contributed by atoms with E-state index in [2.05, 4.69) is 62.1 Å². The molecule has 0 radical (unpaired) electrons. The van der Waals surface area contributed by atoms with E-state index in [0.717, 1.165) is 19.7 Å². The minimum absolute atomic E-state index is 0. The number of nitrogens with two attached hydrogens (primary N) is 1. The fraction of sp³-hybridized carbons (Fsp3) is 0.923. The fourth-order valence-corrected chi connectivity index (χ4v) is 1.10. The molecule has 6 nitrogen and oxygen atoms in total. The minimum Gasteiger partial charge on any atom is -0.385 e. The maximum absolute atomic E-state index is 9.81. The Labute approximate surface area is 205 Å². The zero-order valence-electron chi connectivity index (χ0n) is 24.1. The van der Waals surface area contributed by atoms with Crippen LogP contribution in [-0.2, 0) is 9.53 Å². The number of methoxy groups -OCH3 is 1. The molecule has 202 valence electrons. The van der Waals surface area contributed by atoms with Crippen LogP contribution in [0.25, 0.3) is 0 Å². The second kappa shape index (κ2) is 69.9. The van der Waals surface area contributed by atoms with Crippen molar-refractivity contribution in [3.8, 4) is 6.07 Å². The summed E-state index contributed by atoms with van der Waals surface area (Å²) in [6, 6.07) is 1.75. The number of carbonyl (C=O) groups excluding carboxylic acids is 1. The van der Waals surface area contributed by atoms with E-state index in [-0.39, 0.29) is 13.2 Å². The molecule has 0 amide bonds. The predicted molar refractivity (Wildman–Crippen MR) is 150 cm³/mol. The third-order valence-electron chi connectivity index (χ3n) is 3.20. The van der Waals surface area contributed by atoms with E-state index >= 15 is 0 Å². The molecule has 0 aromatic rings. The molecule has 1 aliphatic heterocycles. The second-order valence-corrected chi connectivity index (χ2v) is 6.06. The fourth-order valence-electron chi connectivity index (χ4n) is 1.10. The van der Waals surface area contributed by atoms with Gasteiger partial charge in [-0.3, -0.25) is 0 Å². The number of Topliss-reactive ketones (excluding diaryl/α,β-unsaturated/α-hetero) is 1. The highest BCUT2D eigenvalue weighted by Crippen LogP contribution is 2.02. The van der Waals surface area contributed by atoms with E-state index in [1.54, 1.807) is 20.1 Å². The van der Waals surface area contributed by atoms with Crippen LogP contribution >= 0.6 is 0 Å². The third kappa shape index (κ3) is 135. The molecule has 0 spiro atoms. The number of nitrogens with zero attached hydrogens (tertiary/aromatic N) is 3. The van der Waals surface area contributed by atoms with Crippen LogP contribution in [0.2, 0.25) is 0 Å². The molecule has 0 unspecified atom stereocenters. The molecular weight excluding hydrogens is 400 g/mol. The lowest BCUT2D eigenvalue weighted by atomic mass is 10.4. The smallest absolute Gasteiger partial charge is 0.129 e. The summed E-state index contributed by atoms with van der Waals surface area (Å²) in [5.74, 6) is 0.255. The van der Waals surface area contributed by atoms with E-state index in [0.29, 0.717) is 6.42 Å². The molecule has 1 fully saturated rings. The Kier molecular flexibility index (Phi) is 115. The Balaban J connectivity index is -0.0000000353. The van der Waals surface area contributed by atoms with Crippen molar-refractivity contribution in [2.75, 3.05) is 61.0 Å². The quantitative estimate of drug-likeness (QED) is 0.509. The summed E-state index contributed by atoms with van der Waals surface area (Å²) < 4.78 is 4.54. The molecule has 0 bridgehead atoms. The van der Waals surface area contributed by atoms with Gasteiger partial charge in [0.2, 0.25) is 0 Å². The van der Waals surface area contributed by atoms with Crippen molar-refractivity contribution >= 4 is 5.78 Å². The van der Waals surface area contributed by atoms with Crippen molar-refractivity contribution in [1.82, 2.24) is 9.80 Å². The maximum Gasteiger partial charge on any atom is 0.129 e. The highest BCUT2D eigenvalue weighted by atomic mass is 16.5. The van der Waals surface area contributed by atoms with Gasteiger partial charge in [-0.25, -0.2) is 0 Å². The first-order valence-corrected chi connectivity index (χ1v) is 12.0. The van der Waals surface area contributed by atoms with Gasteiger partial charge in [-0.05, 0) is 74.0 Å². The monoisotopic (exact) mass is 467 g/mol. The first-order chi connectivity index (χ1) is 14.7. The number of hydrogen-bond donors (Lipinski definition) is 1. The van der Waals surface area contributed by atoms with Crippen LogP contribution in [0.5, 0.6) is 0 Å². The first-order valence-electron chi connectivity index (χ1n) is 12.0. The Morgan fingerprint density at radius 1 is 1.03 bits per heavy atom. The summed E-state index contributed by atoms with van der Waals surface area (Å²) in [5.41, 5.74) is 4.50. The highest BCUT2D eigenvalue weighted by molar-refractivity contribution is 5.74. The van der Waals surface area contributed by atoms with Gasteiger partial charge in [0.1, 0.15) is 5.78 Å². The van der Waals surface area contributed by atoms with Crippen molar-refractivity contribution < 1.29 is 9.53 Å². The van der Waals surface area contributed by atoms with E-state index in [4.69, 9.17) is 5.26 Å². The Morgan fingerprint density at radius 3 is 1.28 bits per heavy atom. The van der Waals surface area contributed by atoms with Crippen LogP contribution in [0.15, 0.2) is 0 Å². The Morgan fingerprint density at radius 2 is 1.25 bits per heavy atom. The number of likely N-dealkylation sites (tertiary alicyclic amines) is 1. The molecule has 1 rings (SSSR count). The van der Waals surface area contributed by atoms with Crippen molar-refractivity contribution in [3.05, 3.63) is 0 Å². The van der Waals surface area contributed by atoms with Gasteiger partial charge in [-0.2, -0.15) is 5.26 Å². The average molecular weight is 467 g/mol. The lowest BCUT2D eigenvalue weighted by Crippen LogP contribution is -2.15. The minimum atomic E-state index is 0. The number of nitriles is 1. The topological polar surface area (TPSA) is 82.6 Å². The lowest BCUT2D eigenvalue weighted by molar-refractivity contribution is -0.116. The van der Waals surface area contributed by atoms with E-state index < -0.39 is 0 Å². The lowest BCUT2D eigenvalue weighted by Gasteiger charge is -2.07. The van der Waals surface area contributed by atoms with Gasteiger partial charge >= 0.3 is 0 Å². The van der Waals surface area contributed by atoms with Crippen molar-refractivity contribution in [2.45, 2.75) is 102 Å². The summed E-state index contributed by atoms with van der Waals surface area (Å²) in [6.45, 7) is 25.2. The number of ether oxygens (including phenoxy) is 1. The Bertz CT molecular complexity index is 271. The van der Waals surface area contributed by atoms with E-state index in [9.17, 15) is 4.79 Å². The molecule has 1 aliphatic rings. The molecule has 6 heteroatoms. The van der Waals surface area contributed by atoms with Gasteiger partial charge in [0.15, 0.2) is 0 Å². The Hall–Kier alpha value is -1.00. The van der Waals surface area contributed by atoms with Crippen LogP contribution in [0.1, 0.15) is 102 Å². The van der Waals surface area contributed by atoms with Crippen LogP contribution in [0.4, 0.5) is 0 Å². The van der Waals surface area contributed by atoms with Crippen LogP contribution in [-0.4, -0.2) is 76.6 Å².